The van der Waals surface area contributed by atoms with E-state index in [-0.39, 0.29) is 23.8 Å². The van der Waals surface area contributed by atoms with E-state index in [2.05, 4.69) is 15.4 Å². The van der Waals surface area contributed by atoms with Crippen LogP contribution in [0.5, 0.6) is 0 Å². The Morgan fingerprint density at radius 2 is 2.16 bits per heavy atom. The topological polar surface area (TPSA) is 85.1 Å². The quantitative estimate of drug-likeness (QED) is 0.873. The van der Waals surface area contributed by atoms with Gasteiger partial charge in [0.25, 0.3) is 5.91 Å². The van der Waals surface area contributed by atoms with Crippen LogP contribution in [-0.4, -0.2) is 49.1 Å². The molecular weight excluding hydrogens is 320 g/mol. The van der Waals surface area contributed by atoms with E-state index in [1.54, 1.807) is 28.0 Å². The van der Waals surface area contributed by atoms with Crippen molar-refractivity contribution < 1.29 is 9.59 Å². The van der Waals surface area contributed by atoms with E-state index in [1.807, 2.05) is 32.1 Å². The van der Waals surface area contributed by atoms with Gasteiger partial charge in [-0.15, -0.1) is 0 Å². The molecule has 1 N–H and O–H groups in total. The Labute approximate surface area is 146 Å². The molecule has 2 aromatic heterocycles. The molecule has 25 heavy (non-hydrogen) atoms. The highest BCUT2D eigenvalue weighted by Gasteiger charge is 2.36. The predicted octanol–water partition coefficient (Wildman–Crippen LogP) is 0.883. The van der Waals surface area contributed by atoms with Gasteiger partial charge in [0, 0.05) is 57.5 Å². The Morgan fingerprint density at radius 3 is 2.76 bits per heavy atom. The summed E-state index contributed by atoms with van der Waals surface area (Å²) in [6.07, 6.45) is 8.30. The summed E-state index contributed by atoms with van der Waals surface area (Å²) in [4.78, 5) is 30.6. The van der Waals surface area contributed by atoms with Crippen molar-refractivity contribution in [3.63, 3.8) is 0 Å². The van der Waals surface area contributed by atoms with E-state index in [4.69, 9.17) is 0 Å². The molecule has 2 aromatic rings. The molecular formula is C17H24N6O2. The number of aryl methyl sites for hydroxylation is 2. The molecule has 1 fully saturated rings. The first-order chi connectivity index (χ1) is 12.0. The van der Waals surface area contributed by atoms with Gasteiger partial charge in [0.2, 0.25) is 5.91 Å². The van der Waals surface area contributed by atoms with Crippen molar-refractivity contribution in [2.75, 3.05) is 13.1 Å². The molecule has 0 aromatic carbocycles. The fourth-order valence-corrected chi connectivity index (χ4v) is 3.50. The number of likely N-dealkylation sites (tertiary alicyclic amines) is 1. The smallest absolute Gasteiger partial charge is 0.271 e. The number of carbonyl (C=O) groups is 2. The van der Waals surface area contributed by atoms with Crippen molar-refractivity contribution in [3.05, 3.63) is 36.2 Å². The largest absolute Gasteiger partial charge is 0.350 e. The maximum atomic E-state index is 12.3. The van der Waals surface area contributed by atoms with Gasteiger partial charge in [-0.25, -0.2) is 4.98 Å². The molecule has 1 aliphatic rings. The first-order valence-electron chi connectivity index (χ1n) is 8.53. The molecule has 0 saturated carbocycles. The molecule has 2 amide bonds. The lowest BCUT2D eigenvalue weighted by atomic mass is 9.85. The van der Waals surface area contributed by atoms with Gasteiger partial charge in [-0.2, -0.15) is 5.10 Å². The molecule has 1 aliphatic heterocycles. The fourth-order valence-electron chi connectivity index (χ4n) is 3.50. The number of rotatable bonds is 5. The van der Waals surface area contributed by atoms with Crippen LogP contribution in [0.2, 0.25) is 0 Å². The SMILES string of the molecule is CCN1C(=O)CC[C@H](CNC(=O)c2cn(C)cn2)[C@H]1c1cnn(C)c1. The number of nitrogens with zero attached hydrogens (tertiary/aromatic N) is 5. The number of amides is 2. The highest BCUT2D eigenvalue weighted by atomic mass is 16.2. The summed E-state index contributed by atoms with van der Waals surface area (Å²) < 4.78 is 3.48. The van der Waals surface area contributed by atoms with Gasteiger partial charge in [-0.1, -0.05) is 0 Å². The van der Waals surface area contributed by atoms with E-state index in [9.17, 15) is 9.59 Å². The zero-order valence-corrected chi connectivity index (χ0v) is 14.8. The average Bonchev–Trinajstić information content (AvgIpc) is 3.21. The molecule has 134 valence electrons. The molecule has 0 aliphatic carbocycles. The zero-order valence-electron chi connectivity index (χ0n) is 14.8. The van der Waals surface area contributed by atoms with Crippen LogP contribution in [0.3, 0.4) is 0 Å². The molecule has 0 radical (unpaired) electrons. The van der Waals surface area contributed by atoms with E-state index in [1.165, 1.54) is 0 Å². The predicted molar refractivity (Wildman–Crippen MR) is 91.6 cm³/mol. The molecule has 1 saturated heterocycles. The lowest BCUT2D eigenvalue weighted by Crippen LogP contribution is -2.46. The number of hydrogen-bond acceptors (Lipinski definition) is 4. The summed E-state index contributed by atoms with van der Waals surface area (Å²) in [5, 5.41) is 7.21. The summed E-state index contributed by atoms with van der Waals surface area (Å²) in [5.41, 5.74) is 1.41. The molecule has 3 heterocycles. The Bertz CT molecular complexity index is 765. The van der Waals surface area contributed by atoms with Crippen LogP contribution >= 0.6 is 0 Å². The average molecular weight is 344 g/mol. The second-order valence-corrected chi connectivity index (χ2v) is 6.51. The zero-order chi connectivity index (χ0) is 18.0. The minimum atomic E-state index is -0.189. The number of nitrogens with one attached hydrogen (secondary N) is 1. The van der Waals surface area contributed by atoms with Crippen molar-refractivity contribution in [1.82, 2.24) is 29.5 Å². The van der Waals surface area contributed by atoms with Crippen LogP contribution in [0.15, 0.2) is 24.9 Å². The Kier molecular flexibility index (Phi) is 4.87. The lowest BCUT2D eigenvalue weighted by Gasteiger charge is -2.40. The van der Waals surface area contributed by atoms with Crippen LogP contribution in [0, 0.1) is 5.92 Å². The summed E-state index contributed by atoms with van der Waals surface area (Å²) in [7, 11) is 3.69. The van der Waals surface area contributed by atoms with Gasteiger partial charge in [-0.3, -0.25) is 14.3 Å². The van der Waals surface area contributed by atoms with E-state index in [0.29, 0.717) is 25.2 Å². The second-order valence-electron chi connectivity index (χ2n) is 6.51. The first kappa shape index (κ1) is 17.2. The van der Waals surface area contributed by atoms with Gasteiger partial charge >= 0.3 is 0 Å². The molecule has 2 atom stereocenters. The maximum absolute atomic E-state index is 12.3. The van der Waals surface area contributed by atoms with Crippen LogP contribution in [0.25, 0.3) is 0 Å². The van der Waals surface area contributed by atoms with Crippen molar-refractivity contribution >= 4 is 11.8 Å². The maximum Gasteiger partial charge on any atom is 0.271 e. The van der Waals surface area contributed by atoms with Gasteiger partial charge < -0.3 is 14.8 Å². The Morgan fingerprint density at radius 1 is 1.36 bits per heavy atom. The van der Waals surface area contributed by atoms with E-state index in [0.717, 1.165) is 12.0 Å². The van der Waals surface area contributed by atoms with Crippen molar-refractivity contribution in [3.8, 4) is 0 Å². The highest BCUT2D eigenvalue weighted by molar-refractivity contribution is 5.92. The molecule has 8 nitrogen and oxygen atoms in total. The third kappa shape index (κ3) is 3.57. The van der Waals surface area contributed by atoms with Crippen LogP contribution in [0.1, 0.15) is 41.9 Å². The van der Waals surface area contributed by atoms with Gasteiger partial charge in [0.1, 0.15) is 5.69 Å². The van der Waals surface area contributed by atoms with Crippen molar-refractivity contribution in [2.24, 2.45) is 20.0 Å². The number of carbonyl (C=O) groups excluding carboxylic acids is 2. The monoisotopic (exact) mass is 344 g/mol. The summed E-state index contributed by atoms with van der Waals surface area (Å²) in [6, 6.07) is -0.0658. The van der Waals surface area contributed by atoms with Crippen molar-refractivity contribution in [2.45, 2.75) is 25.8 Å². The van der Waals surface area contributed by atoms with E-state index >= 15 is 0 Å². The summed E-state index contributed by atoms with van der Waals surface area (Å²) >= 11 is 0. The molecule has 8 heteroatoms. The molecule has 3 rings (SSSR count). The van der Waals surface area contributed by atoms with Crippen LogP contribution < -0.4 is 5.32 Å². The van der Waals surface area contributed by atoms with Crippen LogP contribution in [0.4, 0.5) is 0 Å². The van der Waals surface area contributed by atoms with E-state index < -0.39 is 0 Å². The standard InChI is InChI=1S/C17H24N6O2/c1-4-23-15(24)6-5-12(16(23)13-8-20-22(3)9-13)7-18-17(25)14-10-21(2)11-19-14/h8-12,16H,4-7H2,1-3H3,(H,18,25)/t12-,16+/m1/s1. The minimum absolute atomic E-state index is 0.0658. The first-order valence-corrected chi connectivity index (χ1v) is 8.53. The Balaban J connectivity index is 1.75. The summed E-state index contributed by atoms with van der Waals surface area (Å²) in [6.45, 7) is 3.12. The normalized spacial score (nSPS) is 20.8. The minimum Gasteiger partial charge on any atom is -0.350 e. The van der Waals surface area contributed by atoms with Crippen molar-refractivity contribution in [1.29, 1.82) is 0 Å². The van der Waals surface area contributed by atoms with Crippen LogP contribution in [-0.2, 0) is 18.9 Å². The summed E-state index contributed by atoms with van der Waals surface area (Å²) in [5.74, 6) is 0.114. The molecule has 0 unspecified atom stereocenters. The molecule has 0 bridgehead atoms. The lowest BCUT2D eigenvalue weighted by molar-refractivity contribution is -0.138. The fraction of sp³-hybridized carbons (Fsp3) is 0.529. The number of imidazole rings is 1. The van der Waals surface area contributed by atoms with Gasteiger partial charge in [0.05, 0.1) is 18.6 Å². The number of hydrogen-bond donors (Lipinski definition) is 1. The van der Waals surface area contributed by atoms with Gasteiger partial charge in [0.15, 0.2) is 0 Å². The highest BCUT2D eigenvalue weighted by Crippen LogP contribution is 2.36. The third-order valence-corrected chi connectivity index (χ3v) is 4.70. The Hall–Kier alpha value is -2.64. The van der Waals surface area contributed by atoms with Gasteiger partial charge in [-0.05, 0) is 13.3 Å². The second kappa shape index (κ2) is 7.08. The molecule has 0 spiro atoms. The number of piperidine rings is 1. The number of aromatic nitrogens is 4. The third-order valence-electron chi connectivity index (χ3n) is 4.70.